The van der Waals surface area contributed by atoms with E-state index >= 15 is 4.39 Å². The number of rotatable bonds is 4. The predicted molar refractivity (Wildman–Crippen MR) is 129 cm³/mol. The smallest absolute Gasteiger partial charge is 0.261 e. The second-order valence-electron chi connectivity index (χ2n) is 8.33. The number of hydrogen-bond donors (Lipinski definition) is 1. The van der Waals surface area contributed by atoms with Crippen LogP contribution in [0.15, 0.2) is 61.4 Å². The summed E-state index contributed by atoms with van der Waals surface area (Å²) in [5.74, 6) is -0.986. The fraction of sp³-hybridized carbons (Fsp3) is 0.125. The van der Waals surface area contributed by atoms with E-state index in [9.17, 15) is 4.79 Å². The number of amides is 1. The highest BCUT2D eigenvalue weighted by Crippen LogP contribution is 2.27. The van der Waals surface area contributed by atoms with Gasteiger partial charge in [-0.15, -0.1) is 0 Å². The molecule has 0 bridgehead atoms. The molecule has 5 aromatic heterocycles. The van der Waals surface area contributed by atoms with Crippen LogP contribution in [0.3, 0.4) is 0 Å². The third-order valence-corrected chi connectivity index (χ3v) is 5.97. The number of nitrogen functional groups attached to an aromatic ring is 1. The van der Waals surface area contributed by atoms with Gasteiger partial charge in [0.2, 0.25) is 0 Å². The van der Waals surface area contributed by atoms with Gasteiger partial charge < -0.3 is 10.1 Å². The summed E-state index contributed by atoms with van der Waals surface area (Å²) in [4.78, 5) is 28.5. The molecule has 174 valence electrons. The Labute approximate surface area is 198 Å². The molecule has 0 aliphatic rings. The Hall–Kier alpha value is -4.80. The van der Waals surface area contributed by atoms with Gasteiger partial charge in [0.15, 0.2) is 0 Å². The summed E-state index contributed by atoms with van der Waals surface area (Å²) in [5, 5.41) is 4.19. The molecular formula is C24H20FN9O. The van der Waals surface area contributed by atoms with Crippen molar-refractivity contribution in [1.29, 1.82) is 0 Å². The lowest BCUT2D eigenvalue weighted by molar-refractivity contribution is 0.0981. The second-order valence-corrected chi connectivity index (χ2v) is 8.33. The van der Waals surface area contributed by atoms with Gasteiger partial charge in [-0.1, -0.05) is 6.07 Å². The molecule has 6 rings (SSSR count). The van der Waals surface area contributed by atoms with E-state index < -0.39 is 11.7 Å². The van der Waals surface area contributed by atoms with Crippen LogP contribution in [-0.4, -0.2) is 39.4 Å². The van der Waals surface area contributed by atoms with Gasteiger partial charge in [-0.25, -0.2) is 19.3 Å². The van der Waals surface area contributed by atoms with Gasteiger partial charge in [0.05, 0.1) is 46.4 Å². The normalized spacial score (nSPS) is 11.6. The van der Waals surface area contributed by atoms with Crippen molar-refractivity contribution < 1.29 is 9.18 Å². The van der Waals surface area contributed by atoms with E-state index in [2.05, 4.69) is 20.1 Å². The summed E-state index contributed by atoms with van der Waals surface area (Å²) in [6.07, 6.45) is 8.57. The van der Waals surface area contributed by atoms with Crippen LogP contribution >= 0.6 is 0 Å². The van der Waals surface area contributed by atoms with Crippen LogP contribution in [0, 0.1) is 12.7 Å². The summed E-state index contributed by atoms with van der Waals surface area (Å²) in [7, 11) is 1.75. The summed E-state index contributed by atoms with van der Waals surface area (Å²) >= 11 is 0. The minimum Gasteiger partial charge on any atom is -0.382 e. The van der Waals surface area contributed by atoms with E-state index in [1.807, 2.05) is 41.9 Å². The first-order chi connectivity index (χ1) is 16.9. The Morgan fingerprint density at radius 3 is 2.83 bits per heavy atom. The number of halogens is 1. The SMILES string of the molecule is Cc1ncn2c1c(N)nc1cc(F)c(C(=O)N(Cc3cn4ccccc4n3)c3cnn(C)c3)cc12. The molecule has 35 heavy (non-hydrogen) atoms. The summed E-state index contributed by atoms with van der Waals surface area (Å²) in [6, 6.07) is 8.37. The molecule has 10 nitrogen and oxygen atoms in total. The Balaban J connectivity index is 1.48. The van der Waals surface area contributed by atoms with Gasteiger partial charge in [-0.2, -0.15) is 5.10 Å². The minimum atomic E-state index is -0.700. The highest BCUT2D eigenvalue weighted by atomic mass is 19.1. The van der Waals surface area contributed by atoms with Crippen molar-refractivity contribution in [3.8, 4) is 0 Å². The third kappa shape index (κ3) is 3.36. The maximum absolute atomic E-state index is 15.3. The van der Waals surface area contributed by atoms with Crippen molar-refractivity contribution in [2.75, 3.05) is 10.6 Å². The summed E-state index contributed by atoms with van der Waals surface area (Å²) in [5.41, 5.74) is 10.1. The number of aryl methyl sites for hydroxylation is 2. The molecule has 0 aliphatic heterocycles. The average Bonchev–Trinajstić information content (AvgIpc) is 3.55. The van der Waals surface area contributed by atoms with Gasteiger partial charge in [0, 0.05) is 31.7 Å². The number of pyridine rings is 1. The van der Waals surface area contributed by atoms with Crippen LogP contribution in [0.4, 0.5) is 15.9 Å². The number of hydrogen-bond acceptors (Lipinski definition) is 6. The molecule has 0 atom stereocenters. The van der Waals surface area contributed by atoms with Crippen molar-refractivity contribution in [3.63, 3.8) is 0 Å². The molecule has 0 saturated carbocycles. The lowest BCUT2D eigenvalue weighted by atomic mass is 10.1. The number of nitrogens with two attached hydrogens (primary N) is 1. The summed E-state index contributed by atoms with van der Waals surface area (Å²) in [6.45, 7) is 1.94. The fourth-order valence-corrected chi connectivity index (χ4v) is 4.31. The minimum absolute atomic E-state index is 0.107. The molecular weight excluding hydrogens is 449 g/mol. The number of imidazole rings is 2. The van der Waals surface area contributed by atoms with Crippen molar-refractivity contribution in [3.05, 3.63) is 84.2 Å². The number of anilines is 2. The molecule has 0 fully saturated rings. The molecule has 1 aromatic carbocycles. The maximum atomic E-state index is 15.3. The number of aromatic nitrogens is 7. The number of carbonyl (C=O) groups excluding carboxylic acids is 1. The van der Waals surface area contributed by atoms with Crippen LogP contribution in [0.2, 0.25) is 0 Å². The van der Waals surface area contributed by atoms with Crippen LogP contribution < -0.4 is 10.6 Å². The van der Waals surface area contributed by atoms with Crippen molar-refractivity contribution >= 4 is 39.6 Å². The fourth-order valence-electron chi connectivity index (χ4n) is 4.31. The monoisotopic (exact) mass is 469 g/mol. The zero-order valence-electron chi connectivity index (χ0n) is 18.9. The Bertz CT molecular complexity index is 1730. The first-order valence-electron chi connectivity index (χ1n) is 10.8. The van der Waals surface area contributed by atoms with Gasteiger partial charge >= 0.3 is 0 Å². The highest BCUT2D eigenvalue weighted by Gasteiger charge is 2.25. The van der Waals surface area contributed by atoms with E-state index in [1.165, 1.54) is 17.0 Å². The van der Waals surface area contributed by atoms with Crippen LogP contribution in [0.25, 0.3) is 22.2 Å². The molecule has 0 saturated heterocycles. The first kappa shape index (κ1) is 20.8. The zero-order valence-corrected chi connectivity index (χ0v) is 18.9. The van der Waals surface area contributed by atoms with Gasteiger partial charge in [0.1, 0.15) is 29.1 Å². The average molecular weight is 469 g/mol. The molecule has 0 spiro atoms. The van der Waals surface area contributed by atoms with Crippen LogP contribution in [-0.2, 0) is 13.6 Å². The van der Waals surface area contributed by atoms with Crippen LogP contribution in [0.5, 0.6) is 0 Å². The van der Waals surface area contributed by atoms with Gasteiger partial charge in [0.25, 0.3) is 5.91 Å². The number of benzene rings is 1. The molecule has 0 radical (unpaired) electrons. The quantitative estimate of drug-likeness (QED) is 0.425. The maximum Gasteiger partial charge on any atom is 0.261 e. The highest BCUT2D eigenvalue weighted by molar-refractivity contribution is 6.07. The first-order valence-corrected chi connectivity index (χ1v) is 10.8. The lowest BCUT2D eigenvalue weighted by Crippen LogP contribution is -2.31. The molecule has 0 aliphatic carbocycles. The van der Waals surface area contributed by atoms with Gasteiger partial charge in [-0.05, 0) is 25.1 Å². The van der Waals surface area contributed by atoms with E-state index in [4.69, 9.17) is 5.73 Å². The molecule has 0 unspecified atom stereocenters. The van der Waals surface area contributed by atoms with Crippen molar-refractivity contribution in [2.45, 2.75) is 13.5 Å². The zero-order chi connectivity index (χ0) is 24.3. The molecule has 5 heterocycles. The van der Waals surface area contributed by atoms with Crippen LogP contribution in [0.1, 0.15) is 21.7 Å². The van der Waals surface area contributed by atoms with E-state index in [-0.39, 0.29) is 17.9 Å². The van der Waals surface area contributed by atoms with E-state index in [0.29, 0.717) is 33.6 Å². The largest absolute Gasteiger partial charge is 0.382 e. The Morgan fingerprint density at radius 2 is 2.06 bits per heavy atom. The van der Waals surface area contributed by atoms with E-state index in [0.717, 1.165) is 5.65 Å². The molecule has 2 N–H and O–H groups in total. The number of carbonyl (C=O) groups is 1. The number of fused-ring (bicyclic) bond motifs is 4. The van der Waals surface area contributed by atoms with E-state index in [1.54, 1.807) is 34.9 Å². The Kier molecular flexibility index (Phi) is 4.53. The van der Waals surface area contributed by atoms with Gasteiger partial charge in [-0.3, -0.25) is 18.8 Å². The predicted octanol–water partition coefficient (Wildman–Crippen LogP) is 3.14. The Morgan fingerprint density at radius 1 is 1.20 bits per heavy atom. The molecule has 1 amide bonds. The summed E-state index contributed by atoms with van der Waals surface area (Å²) < 4.78 is 20.5. The lowest BCUT2D eigenvalue weighted by Gasteiger charge is -2.21. The standard InChI is InChI=1S/C24H20FN9O/c1-14-22-23(26)30-19-8-18(25)17(7-20(19)34(22)13-27-14)24(35)33(16-9-28-31(2)12-16)11-15-10-32-6-4-3-5-21(32)29-15/h3-10,12-13H,11H2,1-2H3,(H2,26,30). The molecule has 11 heteroatoms. The second kappa shape index (κ2) is 7.62. The van der Waals surface area contributed by atoms with Crippen molar-refractivity contribution in [1.82, 2.24) is 33.5 Å². The van der Waals surface area contributed by atoms with Crippen molar-refractivity contribution in [2.24, 2.45) is 7.05 Å². The molecule has 6 aromatic rings. The third-order valence-electron chi connectivity index (χ3n) is 5.97. The number of nitrogens with zero attached hydrogens (tertiary/aromatic N) is 8. The topological polar surface area (TPSA) is 112 Å².